The Balaban J connectivity index is 1.92. The van der Waals surface area contributed by atoms with Gasteiger partial charge in [0.2, 0.25) is 5.78 Å². The smallest absolute Gasteiger partial charge is 0.302 e. The second kappa shape index (κ2) is 5.57. The highest BCUT2D eigenvalue weighted by Gasteiger charge is 2.78. The molecule has 6 heteroatoms. The second-order valence-electron chi connectivity index (χ2n) is 9.50. The third kappa shape index (κ3) is 2.16. The number of ketones is 1. The van der Waals surface area contributed by atoms with E-state index in [1.807, 2.05) is 6.92 Å². The van der Waals surface area contributed by atoms with Crippen LogP contribution in [0, 0.1) is 22.2 Å². The molecule has 4 aliphatic carbocycles. The molecule has 1 spiro atoms. The average Bonchev–Trinajstić information content (AvgIpc) is 3.35. The summed E-state index contributed by atoms with van der Waals surface area (Å²) < 4.78 is 5.21. The lowest BCUT2D eigenvalue weighted by atomic mass is 9.52. The van der Waals surface area contributed by atoms with Crippen LogP contribution in [0.5, 0.6) is 0 Å². The molecule has 4 rings (SSSR count). The summed E-state index contributed by atoms with van der Waals surface area (Å²) >= 11 is 0. The molecule has 0 bridgehead atoms. The molecular formula is C22H28O6. The molecule has 0 aromatic rings. The fourth-order valence-corrected chi connectivity index (χ4v) is 5.97. The van der Waals surface area contributed by atoms with Crippen molar-refractivity contribution in [2.75, 3.05) is 6.61 Å². The number of aliphatic hydroxyl groups is 3. The molecule has 3 N–H and O–H groups in total. The average molecular weight is 388 g/mol. The Morgan fingerprint density at radius 3 is 2.68 bits per heavy atom. The molecule has 0 heterocycles. The van der Waals surface area contributed by atoms with Crippen LogP contribution in [0.15, 0.2) is 35.6 Å². The summed E-state index contributed by atoms with van der Waals surface area (Å²) in [6.07, 6.45) is 4.66. The van der Waals surface area contributed by atoms with Gasteiger partial charge >= 0.3 is 5.97 Å². The number of carbonyl (C=O) groups is 2. The Hall–Kier alpha value is -1.92. The van der Waals surface area contributed by atoms with Crippen LogP contribution in [0.4, 0.5) is 0 Å². The molecule has 0 radical (unpaired) electrons. The van der Waals surface area contributed by atoms with Gasteiger partial charge in [-0.3, -0.25) is 9.59 Å². The van der Waals surface area contributed by atoms with E-state index >= 15 is 0 Å². The van der Waals surface area contributed by atoms with Crippen molar-refractivity contribution >= 4 is 11.8 Å². The summed E-state index contributed by atoms with van der Waals surface area (Å²) in [5.74, 6) is -1.55. The van der Waals surface area contributed by atoms with Crippen LogP contribution < -0.4 is 0 Å². The van der Waals surface area contributed by atoms with Gasteiger partial charge in [-0.05, 0) is 44.1 Å². The zero-order chi connectivity index (χ0) is 20.7. The first-order chi connectivity index (χ1) is 12.9. The maximum atomic E-state index is 13.2. The lowest BCUT2D eigenvalue weighted by molar-refractivity contribution is -0.149. The maximum absolute atomic E-state index is 13.2. The molecule has 6 nitrogen and oxygen atoms in total. The highest BCUT2D eigenvalue weighted by molar-refractivity contribution is 6.11. The summed E-state index contributed by atoms with van der Waals surface area (Å²) in [5, 5.41) is 33.6. The monoisotopic (exact) mass is 388 g/mol. The van der Waals surface area contributed by atoms with Crippen molar-refractivity contribution in [3.63, 3.8) is 0 Å². The van der Waals surface area contributed by atoms with Crippen molar-refractivity contribution in [2.24, 2.45) is 22.2 Å². The predicted octanol–water partition coefficient (Wildman–Crippen LogP) is 2.37. The molecular weight excluding hydrogens is 360 g/mol. The Morgan fingerprint density at radius 2 is 2.07 bits per heavy atom. The highest BCUT2D eigenvalue weighted by atomic mass is 16.5. The maximum Gasteiger partial charge on any atom is 0.302 e. The van der Waals surface area contributed by atoms with Crippen LogP contribution in [0.25, 0.3) is 0 Å². The summed E-state index contributed by atoms with van der Waals surface area (Å²) in [5.41, 5.74) is -3.15. The number of esters is 1. The van der Waals surface area contributed by atoms with Crippen molar-refractivity contribution in [2.45, 2.75) is 58.2 Å². The van der Waals surface area contributed by atoms with Crippen molar-refractivity contribution in [1.29, 1.82) is 0 Å². The molecule has 0 aliphatic heterocycles. The number of ether oxygens (including phenoxy) is 1. The molecule has 0 saturated heterocycles. The van der Waals surface area contributed by atoms with E-state index in [4.69, 9.17) is 4.74 Å². The van der Waals surface area contributed by atoms with Gasteiger partial charge in [0.1, 0.15) is 12.2 Å². The van der Waals surface area contributed by atoms with E-state index in [1.54, 1.807) is 19.1 Å². The number of aliphatic hydroxyl groups excluding tert-OH is 2. The first-order valence-corrected chi connectivity index (χ1v) is 9.85. The van der Waals surface area contributed by atoms with Gasteiger partial charge < -0.3 is 20.1 Å². The largest absolute Gasteiger partial charge is 0.504 e. The Bertz CT molecular complexity index is 855. The van der Waals surface area contributed by atoms with Crippen LogP contribution in [0.2, 0.25) is 0 Å². The van der Waals surface area contributed by atoms with Crippen molar-refractivity contribution in [3.8, 4) is 0 Å². The van der Waals surface area contributed by atoms with Gasteiger partial charge in [-0.2, -0.15) is 0 Å². The lowest BCUT2D eigenvalue weighted by Crippen LogP contribution is -2.59. The first-order valence-electron chi connectivity index (χ1n) is 9.85. The fourth-order valence-electron chi connectivity index (χ4n) is 5.97. The van der Waals surface area contributed by atoms with Crippen molar-refractivity contribution in [1.82, 2.24) is 0 Å². The SMILES string of the molecule is C=CC1(C)C=C2C(=O)C(O)=C3C(C)(COC(C)=O)C(O)CC4CC34C2(O)CC1. The number of allylic oxidation sites excluding steroid dienone is 3. The molecule has 2 fully saturated rings. The summed E-state index contributed by atoms with van der Waals surface area (Å²) in [7, 11) is 0. The Labute approximate surface area is 164 Å². The summed E-state index contributed by atoms with van der Waals surface area (Å²) in [6.45, 7) is 8.63. The number of hydrogen-bond acceptors (Lipinski definition) is 6. The Morgan fingerprint density at radius 1 is 1.39 bits per heavy atom. The molecule has 2 saturated carbocycles. The number of hydrogen-bond donors (Lipinski definition) is 3. The number of Topliss-reactive ketones (excluding diaryl/α,β-unsaturated/α-hetero) is 1. The normalized spacial score (nSPS) is 46.8. The minimum atomic E-state index is -1.39. The molecule has 6 atom stereocenters. The van der Waals surface area contributed by atoms with Gasteiger partial charge in [-0.15, -0.1) is 6.58 Å². The zero-order valence-electron chi connectivity index (χ0n) is 16.6. The summed E-state index contributed by atoms with van der Waals surface area (Å²) in [6, 6.07) is 0. The van der Waals surface area contributed by atoms with E-state index in [-0.39, 0.29) is 18.1 Å². The van der Waals surface area contributed by atoms with Gasteiger partial charge in [0.25, 0.3) is 0 Å². The standard InChI is InChI=1S/C22H28O6/c1-5-19(3)6-7-22(27)14(10-19)16(25)17(26)18-20(4,11-28-12(2)23)15(24)8-13-9-21(13,18)22/h5,10,13,15,24,26-27H,1,6-9,11H2,2-4H3. The van der Waals surface area contributed by atoms with E-state index in [0.717, 1.165) is 0 Å². The van der Waals surface area contributed by atoms with E-state index in [1.165, 1.54) is 6.92 Å². The van der Waals surface area contributed by atoms with Crippen LogP contribution in [-0.2, 0) is 14.3 Å². The summed E-state index contributed by atoms with van der Waals surface area (Å²) in [4.78, 5) is 24.6. The number of fused-ring (bicyclic) bond motifs is 1. The van der Waals surface area contributed by atoms with Gasteiger partial charge in [0.15, 0.2) is 5.76 Å². The van der Waals surface area contributed by atoms with Gasteiger partial charge in [-0.1, -0.05) is 19.1 Å². The minimum Gasteiger partial charge on any atom is -0.504 e. The van der Waals surface area contributed by atoms with Crippen molar-refractivity contribution in [3.05, 3.63) is 35.6 Å². The number of rotatable bonds is 3. The van der Waals surface area contributed by atoms with E-state index < -0.39 is 45.5 Å². The quantitative estimate of drug-likeness (QED) is 0.506. The van der Waals surface area contributed by atoms with Crippen LogP contribution >= 0.6 is 0 Å². The predicted molar refractivity (Wildman–Crippen MR) is 101 cm³/mol. The van der Waals surface area contributed by atoms with E-state index in [2.05, 4.69) is 6.58 Å². The highest BCUT2D eigenvalue weighted by Crippen LogP contribution is 2.77. The first kappa shape index (κ1) is 19.4. The third-order valence-electron chi connectivity index (χ3n) is 7.79. The molecule has 0 amide bonds. The minimum absolute atomic E-state index is 0.0281. The molecule has 152 valence electrons. The Kier molecular flexibility index (Phi) is 3.86. The lowest BCUT2D eigenvalue weighted by Gasteiger charge is -2.55. The van der Waals surface area contributed by atoms with Crippen LogP contribution in [0.1, 0.15) is 46.5 Å². The van der Waals surface area contributed by atoms with Crippen LogP contribution in [-0.4, -0.2) is 45.4 Å². The van der Waals surface area contributed by atoms with Gasteiger partial charge in [-0.25, -0.2) is 0 Å². The molecule has 0 aromatic heterocycles. The fraction of sp³-hybridized carbons (Fsp3) is 0.636. The third-order valence-corrected chi connectivity index (χ3v) is 7.79. The zero-order valence-corrected chi connectivity index (χ0v) is 16.6. The topological polar surface area (TPSA) is 104 Å². The van der Waals surface area contributed by atoms with Gasteiger partial charge in [0.05, 0.1) is 11.5 Å². The number of carbonyl (C=O) groups excluding carboxylic acids is 2. The molecule has 0 aromatic carbocycles. The van der Waals surface area contributed by atoms with Crippen LogP contribution in [0.3, 0.4) is 0 Å². The molecule has 28 heavy (non-hydrogen) atoms. The van der Waals surface area contributed by atoms with Crippen molar-refractivity contribution < 1.29 is 29.6 Å². The van der Waals surface area contributed by atoms with E-state index in [0.29, 0.717) is 31.3 Å². The molecule has 4 aliphatic rings. The van der Waals surface area contributed by atoms with Gasteiger partial charge in [0, 0.05) is 23.3 Å². The second-order valence-corrected chi connectivity index (χ2v) is 9.50. The molecule has 6 unspecified atom stereocenters. The van der Waals surface area contributed by atoms with E-state index in [9.17, 15) is 24.9 Å².